The molecule has 0 aliphatic carbocycles. The van der Waals surface area contributed by atoms with Crippen LogP contribution in [0.5, 0.6) is 5.88 Å². The van der Waals surface area contributed by atoms with Crippen LogP contribution in [-0.2, 0) is 11.2 Å². The molecule has 1 aromatic heterocycles. The molecule has 0 spiro atoms. The van der Waals surface area contributed by atoms with Gasteiger partial charge in [-0.1, -0.05) is 70.0 Å². The van der Waals surface area contributed by atoms with Gasteiger partial charge in [0.25, 0.3) is 0 Å². The second kappa shape index (κ2) is 12.2. The van der Waals surface area contributed by atoms with E-state index in [-0.39, 0.29) is 12.1 Å². The predicted octanol–water partition coefficient (Wildman–Crippen LogP) is 8.16. The highest BCUT2D eigenvalue weighted by Gasteiger charge is 2.48. The molecule has 4 aromatic rings. The molecule has 220 valence electrons. The first-order valence-electron chi connectivity index (χ1n) is 14.1. The summed E-state index contributed by atoms with van der Waals surface area (Å²) >= 11 is 9.87. The van der Waals surface area contributed by atoms with Crippen molar-refractivity contribution in [3.63, 3.8) is 0 Å². The van der Waals surface area contributed by atoms with E-state index in [1.165, 1.54) is 0 Å². The molecule has 2 heterocycles. The third-order valence-corrected chi connectivity index (χ3v) is 8.52. The number of ether oxygens (including phenoxy) is 2. The van der Waals surface area contributed by atoms with Gasteiger partial charge in [0.15, 0.2) is 0 Å². The predicted molar refractivity (Wildman–Crippen MR) is 170 cm³/mol. The monoisotopic (exact) mass is 650 g/mol. The number of methoxy groups -OCH3 is 1. The first-order valence-corrected chi connectivity index (χ1v) is 15.3. The van der Waals surface area contributed by atoms with E-state index in [4.69, 9.17) is 26.1 Å². The van der Waals surface area contributed by atoms with E-state index in [9.17, 15) is 9.90 Å². The van der Waals surface area contributed by atoms with Crippen molar-refractivity contribution in [2.24, 2.45) is 0 Å². The van der Waals surface area contributed by atoms with Crippen LogP contribution in [0.1, 0.15) is 56.2 Å². The van der Waals surface area contributed by atoms with Gasteiger partial charge in [0.05, 0.1) is 18.2 Å². The number of halogens is 2. The number of hydrogen-bond donors (Lipinski definition) is 1. The molecule has 42 heavy (non-hydrogen) atoms. The molecule has 1 aliphatic rings. The Balaban J connectivity index is 1.62. The number of nitrogens with zero attached hydrogens (tertiary/aromatic N) is 2. The molecule has 1 aliphatic heterocycles. The van der Waals surface area contributed by atoms with Crippen molar-refractivity contribution in [2.75, 3.05) is 13.7 Å². The molecular weight excluding hydrogens is 616 g/mol. The van der Waals surface area contributed by atoms with Crippen molar-refractivity contribution in [2.45, 2.75) is 63.2 Å². The maximum absolute atomic E-state index is 13.4. The number of likely N-dealkylation sites (tertiary alicyclic amines) is 1. The number of carbonyl (C=O) groups is 1. The van der Waals surface area contributed by atoms with Crippen LogP contribution in [0.3, 0.4) is 0 Å². The Kier molecular flexibility index (Phi) is 8.83. The van der Waals surface area contributed by atoms with Crippen LogP contribution < -0.4 is 4.74 Å². The average Bonchev–Trinajstić information content (AvgIpc) is 2.93. The molecule has 5 rings (SSSR count). The van der Waals surface area contributed by atoms with Gasteiger partial charge in [-0.05, 0) is 87.6 Å². The fourth-order valence-electron chi connectivity index (χ4n) is 5.96. The highest BCUT2D eigenvalue weighted by atomic mass is 79.9. The molecule has 8 heteroatoms. The lowest BCUT2D eigenvalue weighted by Crippen LogP contribution is -2.56. The summed E-state index contributed by atoms with van der Waals surface area (Å²) in [6.07, 6.45) is 0.873. The summed E-state index contributed by atoms with van der Waals surface area (Å²) in [4.78, 5) is 20.0. The zero-order valence-electron chi connectivity index (χ0n) is 24.3. The van der Waals surface area contributed by atoms with Crippen molar-refractivity contribution in [1.82, 2.24) is 9.88 Å². The highest BCUT2D eigenvalue weighted by molar-refractivity contribution is 9.10. The number of amides is 1. The number of benzene rings is 3. The van der Waals surface area contributed by atoms with Crippen molar-refractivity contribution < 1.29 is 19.4 Å². The Morgan fingerprint density at radius 2 is 1.83 bits per heavy atom. The maximum atomic E-state index is 13.4. The smallest absolute Gasteiger partial charge is 0.410 e. The average molecular weight is 652 g/mol. The van der Waals surface area contributed by atoms with Crippen LogP contribution in [0.25, 0.3) is 10.9 Å². The Morgan fingerprint density at radius 3 is 2.50 bits per heavy atom. The summed E-state index contributed by atoms with van der Waals surface area (Å²) in [5, 5.41) is 14.3. The molecule has 0 saturated carbocycles. The zero-order valence-corrected chi connectivity index (χ0v) is 26.7. The maximum Gasteiger partial charge on any atom is 0.410 e. The van der Waals surface area contributed by atoms with Crippen molar-refractivity contribution in [3.8, 4) is 5.88 Å². The van der Waals surface area contributed by atoms with E-state index in [1.807, 2.05) is 93.6 Å². The summed E-state index contributed by atoms with van der Waals surface area (Å²) in [5.74, 6) is -0.0490. The molecule has 1 amide bonds. The van der Waals surface area contributed by atoms with Crippen molar-refractivity contribution >= 4 is 44.5 Å². The van der Waals surface area contributed by atoms with Gasteiger partial charge in [0, 0.05) is 38.9 Å². The number of rotatable bonds is 6. The fourth-order valence-corrected chi connectivity index (χ4v) is 6.46. The summed E-state index contributed by atoms with van der Waals surface area (Å²) in [7, 11) is 1.60. The van der Waals surface area contributed by atoms with E-state index in [0.717, 1.165) is 32.1 Å². The number of aromatic nitrogens is 1. The van der Waals surface area contributed by atoms with Crippen LogP contribution in [0.15, 0.2) is 83.3 Å². The van der Waals surface area contributed by atoms with Gasteiger partial charge in [0.1, 0.15) is 5.60 Å². The van der Waals surface area contributed by atoms with Crippen molar-refractivity contribution in [1.29, 1.82) is 0 Å². The van der Waals surface area contributed by atoms with Crippen molar-refractivity contribution in [3.05, 3.63) is 105 Å². The normalized spacial score (nSPS) is 19.9. The molecule has 3 unspecified atom stereocenters. The van der Waals surface area contributed by atoms with Gasteiger partial charge in [-0.25, -0.2) is 9.78 Å². The topological polar surface area (TPSA) is 71.9 Å². The molecule has 1 fully saturated rings. The van der Waals surface area contributed by atoms with Gasteiger partial charge >= 0.3 is 6.09 Å². The summed E-state index contributed by atoms with van der Waals surface area (Å²) in [6, 6.07) is 25.3. The lowest BCUT2D eigenvalue weighted by molar-refractivity contribution is -0.0630. The summed E-state index contributed by atoms with van der Waals surface area (Å²) in [5.41, 5.74) is 1.67. The van der Waals surface area contributed by atoms with E-state index < -0.39 is 17.1 Å². The third kappa shape index (κ3) is 6.74. The molecule has 1 N–H and O–H groups in total. The first kappa shape index (κ1) is 30.3. The van der Waals surface area contributed by atoms with Crippen LogP contribution in [0.2, 0.25) is 5.02 Å². The van der Waals surface area contributed by atoms with Crippen LogP contribution in [0.4, 0.5) is 4.79 Å². The number of aliphatic hydroxyl groups is 1. The molecule has 0 radical (unpaired) electrons. The van der Waals surface area contributed by atoms with Crippen LogP contribution in [-0.4, -0.2) is 52.0 Å². The number of hydrogen-bond acceptors (Lipinski definition) is 5. The molecule has 0 bridgehead atoms. The van der Waals surface area contributed by atoms with E-state index in [2.05, 4.69) is 22.0 Å². The largest absolute Gasteiger partial charge is 0.481 e. The molecule has 1 saturated heterocycles. The number of fused-ring (bicyclic) bond motifs is 1. The second-order valence-corrected chi connectivity index (χ2v) is 13.3. The third-order valence-electron chi connectivity index (χ3n) is 7.77. The number of carbonyl (C=O) groups excluding carboxylic acids is 1. The first-order chi connectivity index (χ1) is 20.0. The summed E-state index contributed by atoms with van der Waals surface area (Å²) in [6.45, 7) is 5.93. The molecule has 3 aromatic carbocycles. The standard InChI is InChI=1S/C34H36BrClN2O4/c1-33(2,3)42-32(39)38-17-16-34(40,21-27(38)18-22-8-6-5-7-9-22)30(23-10-13-26(36)14-11-23)28-20-24-19-25(35)12-15-29(24)37-31(28)41-4/h5-15,19-20,27,30,40H,16-18,21H2,1-4H3. The van der Waals surface area contributed by atoms with Gasteiger partial charge in [-0.2, -0.15) is 0 Å². The molecule has 6 nitrogen and oxygen atoms in total. The van der Waals surface area contributed by atoms with Gasteiger partial charge < -0.3 is 19.5 Å². The fraction of sp³-hybridized carbons (Fsp3) is 0.353. The Hall–Kier alpha value is -3.13. The lowest BCUT2D eigenvalue weighted by Gasteiger charge is -2.47. The van der Waals surface area contributed by atoms with Crippen LogP contribution >= 0.6 is 27.5 Å². The Morgan fingerprint density at radius 1 is 1.12 bits per heavy atom. The second-order valence-electron chi connectivity index (χ2n) is 12.0. The number of pyridine rings is 1. The Labute approximate surface area is 260 Å². The van der Waals surface area contributed by atoms with Gasteiger partial charge in [-0.15, -0.1) is 0 Å². The minimum atomic E-state index is -1.24. The minimum absolute atomic E-state index is 0.302. The molecule has 3 atom stereocenters. The van der Waals surface area contributed by atoms with Gasteiger partial charge in [-0.3, -0.25) is 0 Å². The van der Waals surface area contributed by atoms with E-state index in [0.29, 0.717) is 36.7 Å². The number of piperidine rings is 1. The summed E-state index contributed by atoms with van der Waals surface area (Å²) < 4.78 is 12.6. The zero-order chi connectivity index (χ0) is 30.1. The SMILES string of the molecule is COc1nc2ccc(Br)cc2cc1C(c1ccc(Cl)cc1)C1(O)CCN(C(=O)OC(C)(C)C)C(Cc2ccccc2)C1. The lowest BCUT2D eigenvalue weighted by atomic mass is 9.70. The van der Waals surface area contributed by atoms with E-state index in [1.54, 1.807) is 12.0 Å². The quantitative estimate of drug-likeness (QED) is 0.228. The van der Waals surface area contributed by atoms with E-state index >= 15 is 0 Å². The highest BCUT2D eigenvalue weighted by Crippen LogP contribution is 2.47. The Bertz CT molecular complexity index is 1560. The molecular formula is C34H36BrClN2O4. The van der Waals surface area contributed by atoms with Crippen LogP contribution in [0, 0.1) is 0 Å². The van der Waals surface area contributed by atoms with Gasteiger partial charge in [0.2, 0.25) is 5.88 Å². The minimum Gasteiger partial charge on any atom is -0.481 e.